The van der Waals surface area contributed by atoms with Crippen molar-refractivity contribution in [2.75, 3.05) is 7.05 Å². The summed E-state index contributed by atoms with van der Waals surface area (Å²) in [6.45, 7) is 12.6. The van der Waals surface area contributed by atoms with Crippen LogP contribution in [-0.2, 0) is 13.0 Å². The standard InChI is InChI=1S/C22H34FN3/c1-7-8-9-22(24-6)20(16(2)3)15-25-13-19-12-17(4)21(26-14-19)11-10-18(5)23/h8-9,12,14-15,18,22,24-25H,2,7,10-11,13H2,1,3-6H3/b9-8-,20-15-. The quantitative estimate of drug-likeness (QED) is 0.441. The zero-order valence-electron chi connectivity index (χ0n) is 16.9. The second-order valence-corrected chi connectivity index (χ2v) is 6.79. The molecule has 0 aliphatic carbocycles. The molecule has 4 heteroatoms. The molecule has 26 heavy (non-hydrogen) atoms. The van der Waals surface area contributed by atoms with Crippen molar-refractivity contribution in [1.82, 2.24) is 15.6 Å². The van der Waals surface area contributed by atoms with Crippen molar-refractivity contribution in [3.05, 3.63) is 65.2 Å². The average Bonchev–Trinajstić information content (AvgIpc) is 2.59. The Labute approximate surface area is 158 Å². The lowest BCUT2D eigenvalue weighted by Gasteiger charge is -2.17. The summed E-state index contributed by atoms with van der Waals surface area (Å²) < 4.78 is 13.0. The van der Waals surface area contributed by atoms with E-state index in [1.54, 1.807) is 6.92 Å². The smallest absolute Gasteiger partial charge is 0.0977 e. The van der Waals surface area contributed by atoms with Gasteiger partial charge < -0.3 is 10.6 Å². The van der Waals surface area contributed by atoms with E-state index in [0.29, 0.717) is 19.4 Å². The Morgan fingerprint density at radius 2 is 2.15 bits per heavy atom. The Kier molecular flexibility index (Phi) is 9.89. The van der Waals surface area contributed by atoms with Crippen molar-refractivity contribution in [2.45, 2.75) is 65.7 Å². The number of pyridine rings is 1. The number of allylic oxidation sites excluding steroid dienone is 1. The number of rotatable bonds is 11. The lowest BCUT2D eigenvalue weighted by Crippen LogP contribution is -2.27. The van der Waals surface area contributed by atoms with Crippen LogP contribution >= 0.6 is 0 Å². The van der Waals surface area contributed by atoms with E-state index in [-0.39, 0.29) is 6.04 Å². The Balaban J connectivity index is 2.76. The fourth-order valence-corrected chi connectivity index (χ4v) is 2.74. The predicted molar refractivity (Wildman–Crippen MR) is 110 cm³/mol. The van der Waals surface area contributed by atoms with E-state index >= 15 is 0 Å². The van der Waals surface area contributed by atoms with Crippen LogP contribution < -0.4 is 10.6 Å². The molecule has 1 aromatic rings. The summed E-state index contributed by atoms with van der Waals surface area (Å²) in [4.78, 5) is 4.51. The molecule has 1 aromatic heterocycles. The number of halogens is 1. The number of nitrogens with one attached hydrogen (secondary N) is 2. The van der Waals surface area contributed by atoms with Gasteiger partial charge in [-0.25, -0.2) is 4.39 Å². The van der Waals surface area contributed by atoms with Crippen LogP contribution in [0.1, 0.15) is 50.4 Å². The van der Waals surface area contributed by atoms with Crippen LogP contribution in [0.25, 0.3) is 0 Å². The number of alkyl halides is 1. The molecule has 0 saturated carbocycles. The Morgan fingerprint density at radius 3 is 2.69 bits per heavy atom. The maximum atomic E-state index is 13.0. The number of aryl methyl sites for hydroxylation is 2. The number of hydrogen-bond donors (Lipinski definition) is 2. The molecule has 0 saturated heterocycles. The minimum atomic E-state index is -0.787. The monoisotopic (exact) mass is 359 g/mol. The van der Waals surface area contributed by atoms with E-state index < -0.39 is 6.17 Å². The molecule has 0 aliphatic heterocycles. The van der Waals surface area contributed by atoms with Crippen molar-refractivity contribution < 1.29 is 4.39 Å². The van der Waals surface area contributed by atoms with Crippen LogP contribution in [-0.4, -0.2) is 24.2 Å². The molecule has 0 aromatic carbocycles. The minimum Gasteiger partial charge on any atom is -0.386 e. The highest BCUT2D eigenvalue weighted by Crippen LogP contribution is 2.14. The van der Waals surface area contributed by atoms with E-state index in [1.807, 2.05) is 33.3 Å². The van der Waals surface area contributed by atoms with Crippen molar-refractivity contribution in [3.63, 3.8) is 0 Å². The van der Waals surface area contributed by atoms with Crippen LogP contribution in [0.4, 0.5) is 4.39 Å². The zero-order chi connectivity index (χ0) is 19.5. The van der Waals surface area contributed by atoms with Gasteiger partial charge in [0.05, 0.1) is 12.2 Å². The summed E-state index contributed by atoms with van der Waals surface area (Å²) in [5.41, 5.74) is 5.38. The highest BCUT2D eigenvalue weighted by atomic mass is 19.1. The Bertz CT molecular complexity index is 632. The first-order valence-corrected chi connectivity index (χ1v) is 9.40. The van der Waals surface area contributed by atoms with Crippen LogP contribution in [0.5, 0.6) is 0 Å². The highest BCUT2D eigenvalue weighted by Gasteiger charge is 2.09. The molecule has 1 rings (SSSR count). The third-order valence-corrected chi connectivity index (χ3v) is 4.29. The van der Waals surface area contributed by atoms with Crippen molar-refractivity contribution >= 4 is 0 Å². The summed E-state index contributed by atoms with van der Waals surface area (Å²) in [5.74, 6) is 0. The van der Waals surface area contributed by atoms with Crippen molar-refractivity contribution in [3.8, 4) is 0 Å². The van der Waals surface area contributed by atoms with Gasteiger partial charge >= 0.3 is 0 Å². The van der Waals surface area contributed by atoms with E-state index in [4.69, 9.17) is 0 Å². The van der Waals surface area contributed by atoms with E-state index in [0.717, 1.165) is 34.4 Å². The van der Waals surface area contributed by atoms with Gasteiger partial charge in [0.2, 0.25) is 0 Å². The first kappa shape index (κ1) is 22.1. The van der Waals surface area contributed by atoms with E-state index in [1.165, 1.54) is 0 Å². The second kappa shape index (κ2) is 11.6. The van der Waals surface area contributed by atoms with Gasteiger partial charge in [0.15, 0.2) is 0 Å². The van der Waals surface area contributed by atoms with Crippen LogP contribution in [0.15, 0.2) is 48.3 Å². The molecule has 2 unspecified atom stereocenters. The fraction of sp³-hybridized carbons (Fsp3) is 0.500. The minimum absolute atomic E-state index is 0.143. The normalized spacial score (nSPS) is 14.5. The number of nitrogens with zero attached hydrogens (tertiary/aromatic N) is 1. The Morgan fingerprint density at radius 1 is 1.42 bits per heavy atom. The topological polar surface area (TPSA) is 37.0 Å². The zero-order valence-corrected chi connectivity index (χ0v) is 16.9. The number of likely N-dealkylation sites (N-methyl/N-ethyl adjacent to an activating group) is 1. The van der Waals surface area contributed by atoms with Gasteiger partial charge in [-0.3, -0.25) is 4.98 Å². The first-order valence-electron chi connectivity index (χ1n) is 9.40. The Hall–Kier alpha value is -1.94. The van der Waals surface area contributed by atoms with Gasteiger partial charge in [0.1, 0.15) is 0 Å². The van der Waals surface area contributed by atoms with E-state index in [2.05, 4.69) is 47.3 Å². The van der Waals surface area contributed by atoms with Crippen LogP contribution in [0, 0.1) is 6.92 Å². The fourth-order valence-electron chi connectivity index (χ4n) is 2.74. The first-order chi connectivity index (χ1) is 12.4. The number of aromatic nitrogens is 1. The highest BCUT2D eigenvalue weighted by molar-refractivity contribution is 5.34. The second-order valence-electron chi connectivity index (χ2n) is 6.79. The maximum absolute atomic E-state index is 13.0. The van der Waals surface area contributed by atoms with Crippen LogP contribution in [0.2, 0.25) is 0 Å². The molecular formula is C22H34FN3. The molecule has 0 fully saturated rings. The third kappa shape index (κ3) is 7.52. The number of hydrogen-bond acceptors (Lipinski definition) is 3. The summed E-state index contributed by atoms with van der Waals surface area (Å²) in [6, 6.07) is 2.27. The van der Waals surface area contributed by atoms with Gasteiger partial charge in [-0.15, -0.1) is 0 Å². The van der Waals surface area contributed by atoms with E-state index in [9.17, 15) is 4.39 Å². The summed E-state index contributed by atoms with van der Waals surface area (Å²) in [6.07, 6.45) is 9.64. The molecule has 0 amide bonds. The molecule has 0 radical (unpaired) electrons. The maximum Gasteiger partial charge on any atom is 0.0977 e. The molecular weight excluding hydrogens is 325 g/mol. The molecule has 2 atom stereocenters. The van der Waals surface area contributed by atoms with Gasteiger partial charge in [-0.2, -0.15) is 0 Å². The predicted octanol–water partition coefficient (Wildman–Crippen LogP) is 4.78. The third-order valence-electron chi connectivity index (χ3n) is 4.29. The summed E-state index contributed by atoms with van der Waals surface area (Å²) in [5, 5.41) is 6.68. The van der Waals surface area contributed by atoms with Gasteiger partial charge in [-0.1, -0.05) is 37.3 Å². The van der Waals surface area contributed by atoms with Gasteiger partial charge in [0, 0.05) is 24.6 Å². The molecule has 2 N–H and O–H groups in total. The molecule has 1 heterocycles. The van der Waals surface area contributed by atoms with Crippen molar-refractivity contribution in [2.24, 2.45) is 0 Å². The van der Waals surface area contributed by atoms with Crippen molar-refractivity contribution in [1.29, 1.82) is 0 Å². The molecule has 0 aliphatic rings. The lowest BCUT2D eigenvalue weighted by atomic mass is 10.0. The van der Waals surface area contributed by atoms with Crippen LogP contribution in [0.3, 0.4) is 0 Å². The average molecular weight is 360 g/mol. The molecule has 0 bridgehead atoms. The van der Waals surface area contributed by atoms with Gasteiger partial charge in [0.25, 0.3) is 0 Å². The summed E-state index contributed by atoms with van der Waals surface area (Å²) >= 11 is 0. The lowest BCUT2D eigenvalue weighted by molar-refractivity contribution is 0.340. The molecule has 0 spiro atoms. The molecule has 3 nitrogen and oxygen atoms in total. The largest absolute Gasteiger partial charge is 0.386 e. The SMILES string of the molecule is C=C(C)/C(=C/NCc1cnc(CCC(C)F)c(C)c1)C(/C=C\CC)NC. The van der Waals surface area contributed by atoms with Gasteiger partial charge in [-0.05, 0) is 63.8 Å². The summed E-state index contributed by atoms with van der Waals surface area (Å²) in [7, 11) is 1.95. The molecule has 144 valence electrons.